The van der Waals surface area contributed by atoms with Crippen LogP contribution in [0.3, 0.4) is 0 Å². The molecule has 2 fully saturated rings. The van der Waals surface area contributed by atoms with Gasteiger partial charge in [0, 0.05) is 18.9 Å². The second-order valence-electron chi connectivity index (χ2n) is 5.10. The third kappa shape index (κ3) is 1.40. The minimum absolute atomic E-state index is 0.0141. The van der Waals surface area contributed by atoms with E-state index in [-0.39, 0.29) is 11.5 Å². The van der Waals surface area contributed by atoms with Crippen molar-refractivity contribution >= 4 is 5.78 Å². The average molecular weight is 196 g/mol. The molecule has 2 aliphatic carbocycles. The molecule has 0 saturated heterocycles. The van der Waals surface area contributed by atoms with E-state index < -0.39 is 0 Å². The molecule has 14 heavy (non-hydrogen) atoms. The zero-order valence-corrected chi connectivity index (χ0v) is 9.38. The highest BCUT2D eigenvalue weighted by atomic mass is 16.5. The number of rotatable bonds is 2. The maximum absolute atomic E-state index is 11.7. The van der Waals surface area contributed by atoms with E-state index in [0.29, 0.717) is 17.6 Å². The number of fused-ring (bicyclic) bond motifs is 2. The van der Waals surface area contributed by atoms with Gasteiger partial charge in [0.25, 0.3) is 0 Å². The predicted molar refractivity (Wildman–Crippen MR) is 55.0 cm³/mol. The van der Waals surface area contributed by atoms with E-state index in [9.17, 15) is 4.79 Å². The van der Waals surface area contributed by atoms with Crippen LogP contribution in [0.5, 0.6) is 0 Å². The normalized spacial score (nSPS) is 47.1. The molecule has 0 amide bonds. The van der Waals surface area contributed by atoms with Gasteiger partial charge in [-0.1, -0.05) is 6.92 Å². The molecule has 0 aliphatic heterocycles. The van der Waals surface area contributed by atoms with Crippen LogP contribution in [0.25, 0.3) is 0 Å². The molecule has 0 unspecified atom stereocenters. The molecule has 2 nitrogen and oxygen atoms in total. The Hall–Kier alpha value is -0.370. The Morgan fingerprint density at radius 3 is 2.93 bits per heavy atom. The van der Waals surface area contributed by atoms with Crippen molar-refractivity contribution in [2.24, 2.45) is 17.8 Å². The van der Waals surface area contributed by atoms with Crippen molar-refractivity contribution in [3.05, 3.63) is 0 Å². The molecule has 4 atom stereocenters. The Morgan fingerprint density at radius 2 is 2.29 bits per heavy atom. The van der Waals surface area contributed by atoms with Crippen LogP contribution in [0.2, 0.25) is 0 Å². The third-order valence-electron chi connectivity index (χ3n) is 4.25. The molecule has 80 valence electrons. The van der Waals surface area contributed by atoms with Gasteiger partial charge in [-0.3, -0.25) is 4.79 Å². The van der Waals surface area contributed by atoms with Crippen molar-refractivity contribution in [2.45, 2.75) is 45.6 Å². The van der Waals surface area contributed by atoms with Crippen LogP contribution in [0, 0.1) is 17.8 Å². The fourth-order valence-electron chi connectivity index (χ4n) is 3.26. The zero-order valence-electron chi connectivity index (χ0n) is 9.38. The monoisotopic (exact) mass is 196 g/mol. The molecule has 2 aliphatic rings. The largest absolute Gasteiger partial charge is 0.375 e. The van der Waals surface area contributed by atoms with Crippen molar-refractivity contribution in [1.29, 1.82) is 0 Å². The van der Waals surface area contributed by atoms with Gasteiger partial charge in [0.05, 0.1) is 5.60 Å². The summed E-state index contributed by atoms with van der Waals surface area (Å²) in [4.78, 5) is 11.7. The summed E-state index contributed by atoms with van der Waals surface area (Å²) in [6.45, 7) is 7.08. The molecule has 2 saturated carbocycles. The molecule has 0 N–H and O–H groups in total. The highest BCUT2D eigenvalue weighted by molar-refractivity contribution is 5.82. The molecule has 0 aromatic heterocycles. The molecule has 0 spiro atoms. The predicted octanol–water partition coefficient (Wildman–Crippen LogP) is 2.42. The van der Waals surface area contributed by atoms with E-state index in [1.165, 1.54) is 6.42 Å². The van der Waals surface area contributed by atoms with Crippen molar-refractivity contribution in [3.63, 3.8) is 0 Å². The Balaban J connectivity index is 2.17. The van der Waals surface area contributed by atoms with Gasteiger partial charge in [-0.25, -0.2) is 0 Å². The molecular formula is C12H20O2. The summed E-state index contributed by atoms with van der Waals surface area (Å²) >= 11 is 0. The maximum Gasteiger partial charge on any atom is 0.136 e. The SMILES string of the molecule is CCO[C@]1(C)C[C@@H]2C[C@H]1CC(=O)[C@@H]2C. The van der Waals surface area contributed by atoms with Gasteiger partial charge in [-0.15, -0.1) is 0 Å². The smallest absolute Gasteiger partial charge is 0.136 e. The van der Waals surface area contributed by atoms with Crippen molar-refractivity contribution < 1.29 is 9.53 Å². The van der Waals surface area contributed by atoms with Crippen LogP contribution in [-0.4, -0.2) is 18.0 Å². The van der Waals surface area contributed by atoms with Crippen LogP contribution >= 0.6 is 0 Å². The van der Waals surface area contributed by atoms with Crippen LogP contribution in [0.4, 0.5) is 0 Å². The minimum atomic E-state index is -0.0141. The number of ketones is 1. The lowest BCUT2D eigenvalue weighted by atomic mass is 9.79. The highest BCUT2D eigenvalue weighted by Gasteiger charge is 2.51. The fraction of sp³-hybridized carbons (Fsp3) is 0.917. The number of carbonyl (C=O) groups excluding carboxylic acids is 1. The van der Waals surface area contributed by atoms with Gasteiger partial charge < -0.3 is 4.74 Å². The first-order valence-corrected chi connectivity index (χ1v) is 5.73. The van der Waals surface area contributed by atoms with E-state index >= 15 is 0 Å². The summed E-state index contributed by atoms with van der Waals surface area (Å²) in [5.74, 6) is 1.79. The number of ether oxygens (including phenoxy) is 1. The molecule has 2 heteroatoms. The summed E-state index contributed by atoms with van der Waals surface area (Å²) in [7, 11) is 0. The number of carbonyl (C=O) groups is 1. The molecule has 0 heterocycles. The zero-order chi connectivity index (χ0) is 10.3. The van der Waals surface area contributed by atoms with E-state index in [2.05, 4.69) is 13.8 Å². The highest BCUT2D eigenvalue weighted by Crippen LogP contribution is 2.50. The van der Waals surface area contributed by atoms with E-state index in [4.69, 9.17) is 4.74 Å². The third-order valence-corrected chi connectivity index (χ3v) is 4.25. The average Bonchev–Trinajstić information content (AvgIpc) is 2.38. The standard InChI is InChI=1S/C12H20O2/c1-4-14-12(3)7-9-5-10(12)6-11(13)8(9)2/h8-10H,4-7H2,1-3H3/t8-,9+,10+,12-/m1/s1. The molecule has 0 radical (unpaired) electrons. The number of hydrogen-bond donors (Lipinski definition) is 0. The van der Waals surface area contributed by atoms with Gasteiger partial charge in [0.15, 0.2) is 0 Å². The molecule has 0 aromatic rings. The van der Waals surface area contributed by atoms with Crippen LogP contribution in [-0.2, 0) is 9.53 Å². The first-order chi connectivity index (χ1) is 6.57. The summed E-state index contributed by atoms with van der Waals surface area (Å²) in [6, 6.07) is 0. The van der Waals surface area contributed by atoms with Crippen molar-refractivity contribution in [2.75, 3.05) is 6.61 Å². The molecular weight excluding hydrogens is 176 g/mol. The topological polar surface area (TPSA) is 26.3 Å². The fourth-order valence-corrected chi connectivity index (χ4v) is 3.26. The minimum Gasteiger partial charge on any atom is -0.375 e. The van der Waals surface area contributed by atoms with Gasteiger partial charge in [-0.05, 0) is 38.5 Å². The van der Waals surface area contributed by atoms with Gasteiger partial charge in [0.2, 0.25) is 0 Å². The lowest BCUT2D eigenvalue weighted by Gasteiger charge is -2.31. The first kappa shape index (κ1) is 10.2. The Labute approximate surface area is 86.0 Å². The van der Waals surface area contributed by atoms with Gasteiger partial charge in [-0.2, -0.15) is 0 Å². The maximum atomic E-state index is 11.7. The van der Waals surface area contributed by atoms with Crippen molar-refractivity contribution in [1.82, 2.24) is 0 Å². The first-order valence-electron chi connectivity index (χ1n) is 5.73. The number of Topliss-reactive ketones (excluding diaryl/α,β-unsaturated/α-hetero) is 1. The summed E-state index contributed by atoms with van der Waals surface area (Å²) in [5.41, 5.74) is -0.0141. The Morgan fingerprint density at radius 1 is 1.57 bits per heavy atom. The Kier molecular flexibility index (Phi) is 2.42. The van der Waals surface area contributed by atoms with E-state index in [1.54, 1.807) is 0 Å². The van der Waals surface area contributed by atoms with Crippen molar-refractivity contribution in [3.8, 4) is 0 Å². The van der Waals surface area contributed by atoms with Crippen LogP contribution in [0.15, 0.2) is 0 Å². The Bertz CT molecular complexity index is 249. The van der Waals surface area contributed by atoms with Gasteiger partial charge in [0.1, 0.15) is 5.78 Å². The second kappa shape index (κ2) is 3.34. The molecule has 0 aromatic carbocycles. The summed E-state index contributed by atoms with van der Waals surface area (Å²) < 4.78 is 5.85. The lowest BCUT2D eigenvalue weighted by Crippen LogP contribution is -2.34. The number of hydrogen-bond acceptors (Lipinski definition) is 2. The van der Waals surface area contributed by atoms with E-state index in [0.717, 1.165) is 19.4 Å². The summed E-state index contributed by atoms with van der Waals surface area (Å²) in [5, 5.41) is 0. The van der Waals surface area contributed by atoms with E-state index in [1.807, 2.05) is 6.92 Å². The molecule has 2 rings (SSSR count). The second-order valence-corrected chi connectivity index (χ2v) is 5.10. The van der Waals surface area contributed by atoms with Crippen LogP contribution in [0.1, 0.15) is 40.0 Å². The van der Waals surface area contributed by atoms with Gasteiger partial charge >= 0.3 is 0 Å². The van der Waals surface area contributed by atoms with Crippen LogP contribution < -0.4 is 0 Å². The summed E-state index contributed by atoms with van der Waals surface area (Å²) in [6.07, 6.45) is 3.02. The quantitative estimate of drug-likeness (QED) is 0.678. The molecule has 2 bridgehead atoms. The lowest BCUT2D eigenvalue weighted by molar-refractivity contribution is -0.127.